The van der Waals surface area contributed by atoms with Crippen LogP contribution >= 0.6 is 31.9 Å². The summed E-state index contributed by atoms with van der Waals surface area (Å²) < 4.78 is 7.10. The number of hydrogen-bond acceptors (Lipinski definition) is 3. The van der Waals surface area contributed by atoms with Gasteiger partial charge in [0.2, 0.25) is 0 Å². The third kappa shape index (κ3) is 3.67. The highest BCUT2D eigenvalue weighted by Gasteiger charge is 2.27. The average molecular weight is 407 g/mol. The number of anilines is 1. The fraction of sp³-hybridized carbons (Fsp3) is 0.500. The van der Waals surface area contributed by atoms with Gasteiger partial charge in [-0.3, -0.25) is 4.79 Å². The molecule has 0 aromatic heterocycles. The van der Waals surface area contributed by atoms with E-state index in [1.165, 1.54) is 0 Å². The summed E-state index contributed by atoms with van der Waals surface area (Å²) in [5.41, 5.74) is 0.932. The number of benzene rings is 1. The molecule has 2 atom stereocenters. The van der Waals surface area contributed by atoms with Crippen molar-refractivity contribution in [2.75, 3.05) is 12.4 Å². The minimum Gasteiger partial charge on any atom is -0.495 e. The average Bonchev–Trinajstić information content (AvgIpc) is 2.42. The first kappa shape index (κ1) is 15.6. The summed E-state index contributed by atoms with van der Waals surface area (Å²) in [5, 5.41) is 12.6. The topological polar surface area (TPSA) is 58.6 Å². The van der Waals surface area contributed by atoms with Crippen LogP contribution in [0.3, 0.4) is 0 Å². The SMILES string of the molecule is COc1cc(NC2CCCC(C(=O)O)C2)c(Br)cc1Br. The molecule has 1 fully saturated rings. The lowest BCUT2D eigenvalue weighted by Gasteiger charge is -2.28. The Hall–Kier alpha value is -0.750. The van der Waals surface area contributed by atoms with Gasteiger partial charge in [0.05, 0.1) is 23.2 Å². The predicted molar refractivity (Wildman–Crippen MR) is 85.4 cm³/mol. The summed E-state index contributed by atoms with van der Waals surface area (Å²) in [6.45, 7) is 0. The fourth-order valence-corrected chi connectivity index (χ4v) is 3.83. The number of aliphatic carboxylic acids is 1. The number of ether oxygens (including phenoxy) is 1. The van der Waals surface area contributed by atoms with Crippen molar-refractivity contribution in [3.8, 4) is 5.75 Å². The van der Waals surface area contributed by atoms with Crippen molar-refractivity contribution in [1.29, 1.82) is 0 Å². The Morgan fingerprint density at radius 3 is 2.75 bits per heavy atom. The maximum absolute atomic E-state index is 11.1. The van der Waals surface area contributed by atoms with Crippen molar-refractivity contribution >= 4 is 43.5 Å². The highest BCUT2D eigenvalue weighted by atomic mass is 79.9. The lowest BCUT2D eigenvalue weighted by Crippen LogP contribution is -2.31. The molecule has 0 radical (unpaired) electrons. The minimum absolute atomic E-state index is 0.187. The van der Waals surface area contributed by atoms with E-state index in [0.29, 0.717) is 6.42 Å². The summed E-state index contributed by atoms with van der Waals surface area (Å²) in [4.78, 5) is 11.1. The molecule has 0 spiro atoms. The van der Waals surface area contributed by atoms with Crippen LogP contribution in [-0.4, -0.2) is 24.2 Å². The molecule has 20 heavy (non-hydrogen) atoms. The second kappa shape index (κ2) is 6.80. The minimum atomic E-state index is -0.691. The van der Waals surface area contributed by atoms with Crippen LogP contribution in [-0.2, 0) is 4.79 Å². The van der Waals surface area contributed by atoms with Gasteiger partial charge in [-0.05, 0) is 57.2 Å². The molecule has 0 amide bonds. The monoisotopic (exact) mass is 405 g/mol. The highest BCUT2D eigenvalue weighted by Crippen LogP contribution is 2.36. The summed E-state index contributed by atoms with van der Waals surface area (Å²) in [6.07, 6.45) is 3.38. The van der Waals surface area contributed by atoms with Crippen molar-refractivity contribution < 1.29 is 14.6 Å². The molecule has 1 aliphatic rings. The first-order chi connectivity index (χ1) is 9.51. The molecule has 1 aliphatic carbocycles. The Bertz CT molecular complexity index is 507. The van der Waals surface area contributed by atoms with Crippen LogP contribution in [0.4, 0.5) is 5.69 Å². The summed E-state index contributed by atoms with van der Waals surface area (Å²) >= 11 is 6.95. The van der Waals surface area contributed by atoms with E-state index in [0.717, 1.165) is 39.6 Å². The fourth-order valence-electron chi connectivity index (χ4n) is 2.56. The zero-order chi connectivity index (χ0) is 14.7. The Kier molecular flexibility index (Phi) is 5.32. The van der Waals surface area contributed by atoms with Crippen LogP contribution < -0.4 is 10.1 Å². The third-order valence-corrected chi connectivity index (χ3v) is 4.90. The van der Waals surface area contributed by atoms with Gasteiger partial charge in [-0.1, -0.05) is 6.42 Å². The number of hydrogen-bond donors (Lipinski definition) is 2. The van der Waals surface area contributed by atoms with Gasteiger partial charge in [-0.25, -0.2) is 0 Å². The molecule has 110 valence electrons. The van der Waals surface area contributed by atoms with Crippen molar-refractivity contribution in [3.63, 3.8) is 0 Å². The maximum atomic E-state index is 11.1. The van der Waals surface area contributed by atoms with Gasteiger partial charge >= 0.3 is 5.97 Å². The number of methoxy groups -OCH3 is 1. The van der Waals surface area contributed by atoms with Crippen LogP contribution in [0.1, 0.15) is 25.7 Å². The normalized spacial score (nSPS) is 22.4. The molecular weight excluding hydrogens is 390 g/mol. The van der Waals surface area contributed by atoms with Crippen LogP contribution in [0, 0.1) is 5.92 Å². The molecule has 4 nitrogen and oxygen atoms in total. The predicted octanol–water partition coefficient (Wildman–Crippen LogP) is 4.28. The molecule has 0 bridgehead atoms. The largest absolute Gasteiger partial charge is 0.495 e. The number of rotatable bonds is 4. The lowest BCUT2D eigenvalue weighted by atomic mass is 9.85. The maximum Gasteiger partial charge on any atom is 0.306 e. The molecule has 2 N–H and O–H groups in total. The number of carboxylic acids is 1. The van der Waals surface area contributed by atoms with Crippen molar-refractivity contribution in [2.45, 2.75) is 31.7 Å². The molecule has 2 unspecified atom stereocenters. The number of carboxylic acid groups (broad SMARTS) is 1. The smallest absolute Gasteiger partial charge is 0.306 e. The van der Waals surface area contributed by atoms with Gasteiger partial charge in [0.15, 0.2) is 0 Å². The van der Waals surface area contributed by atoms with Crippen molar-refractivity contribution in [1.82, 2.24) is 0 Å². The van der Waals surface area contributed by atoms with Crippen LogP contribution in [0.25, 0.3) is 0 Å². The molecule has 0 saturated heterocycles. The van der Waals surface area contributed by atoms with Gasteiger partial charge in [-0.15, -0.1) is 0 Å². The van der Waals surface area contributed by atoms with Gasteiger partial charge in [-0.2, -0.15) is 0 Å². The van der Waals surface area contributed by atoms with E-state index in [1.54, 1.807) is 7.11 Å². The number of nitrogens with one attached hydrogen (secondary N) is 1. The summed E-state index contributed by atoms with van der Waals surface area (Å²) in [7, 11) is 1.62. The van der Waals surface area contributed by atoms with Gasteiger partial charge < -0.3 is 15.2 Å². The zero-order valence-electron chi connectivity index (χ0n) is 11.2. The summed E-state index contributed by atoms with van der Waals surface area (Å²) in [5.74, 6) is -0.178. The molecule has 1 saturated carbocycles. The molecule has 2 rings (SSSR count). The Morgan fingerprint density at radius 2 is 2.10 bits per heavy atom. The Morgan fingerprint density at radius 1 is 1.35 bits per heavy atom. The molecule has 1 aromatic rings. The van der Waals surface area contributed by atoms with Crippen LogP contribution in [0.2, 0.25) is 0 Å². The first-order valence-electron chi connectivity index (χ1n) is 6.53. The van der Waals surface area contributed by atoms with E-state index in [1.807, 2.05) is 12.1 Å². The van der Waals surface area contributed by atoms with E-state index in [2.05, 4.69) is 37.2 Å². The quantitative estimate of drug-likeness (QED) is 0.783. The number of halogens is 2. The highest BCUT2D eigenvalue weighted by molar-refractivity contribution is 9.11. The van der Waals surface area contributed by atoms with Crippen molar-refractivity contribution in [3.05, 3.63) is 21.1 Å². The van der Waals surface area contributed by atoms with E-state index < -0.39 is 5.97 Å². The molecule has 0 heterocycles. The van der Waals surface area contributed by atoms with Gasteiger partial charge in [0.25, 0.3) is 0 Å². The molecule has 6 heteroatoms. The second-order valence-corrected chi connectivity index (χ2v) is 6.72. The molecule has 0 aliphatic heterocycles. The van der Waals surface area contributed by atoms with Crippen LogP contribution in [0.15, 0.2) is 21.1 Å². The Balaban J connectivity index is 2.11. The third-order valence-electron chi connectivity index (χ3n) is 3.62. The standard InChI is InChI=1S/C14H17Br2NO3/c1-20-13-7-12(10(15)6-11(13)16)17-9-4-2-3-8(5-9)14(18)19/h6-9,17H,2-5H2,1H3,(H,18,19). The van der Waals surface area contributed by atoms with E-state index in [9.17, 15) is 4.79 Å². The van der Waals surface area contributed by atoms with E-state index in [-0.39, 0.29) is 12.0 Å². The zero-order valence-corrected chi connectivity index (χ0v) is 14.3. The van der Waals surface area contributed by atoms with E-state index in [4.69, 9.17) is 9.84 Å². The second-order valence-electron chi connectivity index (χ2n) is 5.01. The first-order valence-corrected chi connectivity index (χ1v) is 8.12. The lowest BCUT2D eigenvalue weighted by molar-refractivity contribution is -0.142. The van der Waals surface area contributed by atoms with E-state index >= 15 is 0 Å². The van der Waals surface area contributed by atoms with Gasteiger partial charge in [0.1, 0.15) is 5.75 Å². The molecule has 1 aromatic carbocycles. The van der Waals surface area contributed by atoms with Gasteiger partial charge in [0, 0.05) is 16.6 Å². The summed E-state index contributed by atoms with van der Waals surface area (Å²) in [6, 6.07) is 4.03. The number of carbonyl (C=O) groups is 1. The van der Waals surface area contributed by atoms with Crippen molar-refractivity contribution in [2.24, 2.45) is 5.92 Å². The molecular formula is C14H17Br2NO3. The Labute approximate surface area is 135 Å². The van der Waals surface area contributed by atoms with Crippen LogP contribution in [0.5, 0.6) is 5.75 Å².